The number of hydrogen-bond donors (Lipinski definition) is 1. The standard InChI is InChI=1S/C7H17N3O.C2H6/c1-8-5-6-10(4)7(11)9(2)3;1-2/h8H,5-6H2,1-4H3;1-2H3. The van der Waals surface area contributed by atoms with Crippen LogP contribution in [0.2, 0.25) is 0 Å². The molecule has 0 rings (SSSR count). The molecule has 0 unspecified atom stereocenters. The highest BCUT2D eigenvalue weighted by atomic mass is 16.2. The van der Waals surface area contributed by atoms with E-state index in [1.807, 2.05) is 20.9 Å². The Morgan fingerprint density at radius 2 is 1.69 bits per heavy atom. The van der Waals surface area contributed by atoms with Crippen LogP contribution in [-0.4, -0.2) is 57.1 Å². The van der Waals surface area contributed by atoms with Gasteiger partial charge in [0.2, 0.25) is 0 Å². The quantitative estimate of drug-likeness (QED) is 0.714. The molecule has 0 fully saturated rings. The van der Waals surface area contributed by atoms with E-state index < -0.39 is 0 Å². The van der Waals surface area contributed by atoms with Crippen molar-refractivity contribution in [2.45, 2.75) is 13.8 Å². The number of urea groups is 1. The van der Waals surface area contributed by atoms with E-state index in [0.29, 0.717) is 0 Å². The molecule has 0 aliphatic heterocycles. The van der Waals surface area contributed by atoms with Crippen molar-refractivity contribution in [1.82, 2.24) is 15.1 Å². The van der Waals surface area contributed by atoms with E-state index in [0.717, 1.165) is 13.1 Å². The van der Waals surface area contributed by atoms with E-state index in [1.165, 1.54) is 0 Å². The Kier molecular flexibility index (Phi) is 10.6. The van der Waals surface area contributed by atoms with Gasteiger partial charge in [0, 0.05) is 34.2 Å². The zero-order valence-electron chi connectivity index (χ0n) is 9.72. The molecule has 0 aromatic carbocycles. The van der Waals surface area contributed by atoms with Gasteiger partial charge >= 0.3 is 6.03 Å². The number of carbonyl (C=O) groups is 1. The largest absolute Gasteiger partial charge is 0.331 e. The molecule has 0 heterocycles. The second-order valence-corrected chi connectivity index (χ2v) is 2.70. The number of nitrogens with zero attached hydrogens (tertiary/aromatic N) is 2. The molecule has 4 heteroatoms. The van der Waals surface area contributed by atoms with Gasteiger partial charge in [0.1, 0.15) is 0 Å². The van der Waals surface area contributed by atoms with Crippen LogP contribution in [0.25, 0.3) is 0 Å². The van der Waals surface area contributed by atoms with Crippen LogP contribution in [0.15, 0.2) is 0 Å². The number of carbonyl (C=O) groups excluding carboxylic acids is 1. The maximum atomic E-state index is 11.2. The van der Waals surface area contributed by atoms with E-state index in [9.17, 15) is 4.79 Å². The molecule has 0 aliphatic rings. The number of nitrogens with one attached hydrogen (secondary N) is 1. The van der Waals surface area contributed by atoms with Crippen molar-refractivity contribution >= 4 is 6.03 Å². The van der Waals surface area contributed by atoms with Gasteiger partial charge in [-0.25, -0.2) is 4.79 Å². The third kappa shape index (κ3) is 7.59. The van der Waals surface area contributed by atoms with Crippen LogP contribution in [0, 0.1) is 0 Å². The van der Waals surface area contributed by atoms with Gasteiger partial charge in [0.15, 0.2) is 0 Å². The SMILES string of the molecule is CC.CNCCN(C)C(=O)N(C)C. The van der Waals surface area contributed by atoms with E-state index in [4.69, 9.17) is 0 Å². The lowest BCUT2D eigenvalue weighted by atomic mass is 10.5. The predicted molar refractivity (Wildman–Crippen MR) is 57.0 cm³/mol. The fraction of sp³-hybridized carbons (Fsp3) is 0.889. The van der Waals surface area contributed by atoms with Crippen LogP contribution in [-0.2, 0) is 0 Å². The van der Waals surface area contributed by atoms with Crippen LogP contribution in [0.3, 0.4) is 0 Å². The molecular formula is C9H23N3O. The molecule has 0 aliphatic carbocycles. The van der Waals surface area contributed by atoms with E-state index >= 15 is 0 Å². The topological polar surface area (TPSA) is 35.6 Å². The lowest BCUT2D eigenvalue weighted by Crippen LogP contribution is -2.39. The first-order valence-electron chi connectivity index (χ1n) is 4.66. The number of rotatable bonds is 3. The Balaban J connectivity index is 0. The molecule has 0 bridgehead atoms. The maximum Gasteiger partial charge on any atom is 0.319 e. The Bertz CT molecular complexity index is 126. The van der Waals surface area contributed by atoms with Gasteiger partial charge in [-0.1, -0.05) is 13.8 Å². The Morgan fingerprint density at radius 3 is 2.00 bits per heavy atom. The highest BCUT2D eigenvalue weighted by Crippen LogP contribution is 1.88. The van der Waals surface area contributed by atoms with Crippen molar-refractivity contribution in [3.05, 3.63) is 0 Å². The molecule has 0 aromatic heterocycles. The third-order valence-electron chi connectivity index (χ3n) is 1.41. The highest BCUT2D eigenvalue weighted by Gasteiger charge is 2.08. The van der Waals surface area contributed by atoms with E-state index in [-0.39, 0.29) is 6.03 Å². The molecule has 4 nitrogen and oxygen atoms in total. The number of hydrogen-bond acceptors (Lipinski definition) is 2. The average Bonchev–Trinajstić information content (AvgIpc) is 2.16. The van der Waals surface area contributed by atoms with Crippen molar-refractivity contribution in [1.29, 1.82) is 0 Å². The molecule has 2 amide bonds. The summed E-state index contributed by atoms with van der Waals surface area (Å²) in [4.78, 5) is 14.4. The smallest absolute Gasteiger partial charge is 0.319 e. The second-order valence-electron chi connectivity index (χ2n) is 2.70. The molecule has 0 saturated heterocycles. The minimum atomic E-state index is 0.0419. The molecule has 13 heavy (non-hydrogen) atoms. The fourth-order valence-corrected chi connectivity index (χ4v) is 0.717. The van der Waals surface area contributed by atoms with Gasteiger partial charge in [-0.05, 0) is 7.05 Å². The van der Waals surface area contributed by atoms with Gasteiger partial charge in [-0.3, -0.25) is 0 Å². The first-order chi connectivity index (χ1) is 6.09. The molecular weight excluding hydrogens is 166 g/mol. The fourth-order valence-electron chi connectivity index (χ4n) is 0.717. The summed E-state index contributed by atoms with van der Waals surface area (Å²) < 4.78 is 0. The van der Waals surface area contributed by atoms with Gasteiger partial charge in [0.05, 0.1) is 0 Å². The van der Waals surface area contributed by atoms with Crippen LogP contribution in [0.4, 0.5) is 4.79 Å². The van der Waals surface area contributed by atoms with Crippen LogP contribution >= 0.6 is 0 Å². The summed E-state index contributed by atoms with van der Waals surface area (Å²) >= 11 is 0. The van der Waals surface area contributed by atoms with Crippen molar-refractivity contribution in [3.63, 3.8) is 0 Å². The second kappa shape index (κ2) is 9.32. The third-order valence-corrected chi connectivity index (χ3v) is 1.41. The monoisotopic (exact) mass is 189 g/mol. The van der Waals surface area contributed by atoms with Crippen molar-refractivity contribution in [2.24, 2.45) is 0 Å². The van der Waals surface area contributed by atoms with Crippen molar-refractivity contribution in [2.75, 3.05) is 41.3 Å². The number of likely N-dealkylation sites (N-methyl/N-ethyl adjacent to an activating group) is 2. The van der Waals surface area contributed by atoms with Crippen LogP contribution in [0.5, 0.6) is 0 Å². The minimum absolute atomic E-state index is 0.0419. The summed E-state index contributed by atoms with van der Waals surface area (Å²) in [7, 11) is 7.16. The summed E-state index contributed by atoms with van der Waals surface area (Å²) in [6.07, 6.45) is 0. The predicted octanol–water partition coefficient (Wildman–Crippen LogP) is 0.845. The molecule has 0 aromatic rings. The maximum absolute atomic E-state index is 11.2. The van der Waals surface area contributed by atoms with E-state index in [2.05, 4.69) is 5.32 Å². The lowest BCUT2D eigenvalue weighted by Gasteiger charge is -2.21. The first kappa shape index (κ1) is 14.7. The van der Waals surface area contributed by atoms with E-state index in [1.54, 1.807) is 30.9 Å². The Labute approximate surface area is 81.9 Å². The summed E-state index contributed by atoms with van der Waals surface area (Å²) in [5.41, 5.74) is 0. The minimum Gasteiger partial charge on any atom is -0.331 e. The molecule has 0 atom stereocenters. The van der Waals surface area contributed by atoms with Crippen molar-refractivity contribution < 1.29 is 4.79 Å². The van der Waals surface area contributed by atoms with Gasteiger partial charge < -0.3 is 15.1 Å². The van der Waals surface area contributed by atoms with Crippen LogP contribution in [0.1, 0.15) is 13.8 Å². The summed E-state index contributed by atoms with van der Waals surface area (Å²) in [5, 5.41) is 2.98. The number of amides is 2. The first-order valence-corrected chi connectivity index (χ1v) is 4.66. The molecule has 0 spiro atoms. The van der Waals surface area contributed by atoms with Crippen LogP contribution < -0.4 is 5.32 Å². The normalized spacial score (nSPS) is 8.46. The average molecular weight is 189 g/mol. The lowest BCUT2D eigenvalue weighted by molar-refractivity contribution is 0.182. The van der Waals surface area contributed by atoms with Gasteiger partial charge in [0.25, 0.3) is 0 Å². The Hall–Kier alpha value is -0.770. The highest BCUT2D eigenvalue weighted by molar-refractivity contribution is 5.73. The summed E-state index contributed by atoms with van der Waals surface area (Å²) in [6.45, 7) is 5.57. The molecule has 0 radical (unpaired) electrons. The Morgan fingerprint density at radius 1 is 1.23 bits per heavy atom. The molecule has 0 saturated carbocycles. The zero-order valence-corrected chi connectivity index (χ0v) is 9.72. The summed E-state index contributed by atoms with van der Waals surface area (Å²) in [5.74, 6) is 0. The van der Waals surface area contributed by atoms with Gasteiger partial charge in [-0.2, -0.15) is 0 Å². The van der Waals surface area contributed by atoms with Crippen molar-refractivity contribution in [3.8, 4) is 0 Å². The zero-order chi connectivity index (χ0) is 10.9. The summed E-state index contributed by atoms with van der Waals surface area (Å²) in [6, 6.07) is 0.0419. The van der Waals surface area contributed by atoms with Gasteiger partial charge in [-0.15, -0.1) is 0 Å². The molecule has 1 N–H and O–H groups in total. The molecule has 80 valence electrons.